The van der Waals surface area contributed by atoms with Gasteiger partial charge < -0.3 is 24.4 Å². The van der Waals surface area contributed by atoms with Crippen LogP contribution in [-0.4, -0.2) is 80.8 Å². The molecule has 7 heteroatoms. The van der Waals surface area contributed by atoms with Gasteiger partial charge in [0.05, 0.1) is 19.8 Å². The van der Waals surface area contributed by atoms with Crippen molar-refractivity contribution in [2.75, 3.05) is 59.1 Å². The molecule has 1 atom stereocenters. The minimum absolute atomic E-state index is 0.0302. The third-order valence-electron chi connectivity index (χ3n) is 5.27. The van der Waals surface area contributed by atoms with Crippen LogP contribution in [0.5, 0.6) is 17.2 Å². The lowest BCUT2D eigenvalue weighted by molar-refractivity contribution is 0.0772. The second kappa shape index (κ2) is 9.98. The van der Waals surface area contributed by atoms with E-state index in [0.717, 1.165) is 45.7 Å². The van der Waals surface area contributed by atoms with E-state index in [0.29, 0.717) is 48.7 Å². The van der Waals surface area contributed by atoms with Crippen LogP contribution in [0.2, 0.25) is 0 Å². The Balaban J connectivity index is 1.78. The van der Waals surface area contributed by atoms with Gasteiger partial charge in [0.15, 0.2) is 11.5 Å². The molecule has 2 heterocycles. The van der Waals surface area contributed by atoms with Gasteiger partial charge in [-0.2, -0.15) is 0 Å². The summed E-state index contributed by atoms with van der Waals surface area (Å²) >= 11 is 0. The van der Waals surface area contributed by atoms with Gasteiger partial charge in [-0.05, 0) is 39.3 Å². The number of ether oxygens (including phenoxy) is 3. The Labute approximate surface area is 167 Å². The minimum Gasteiger partial charge on any atom is -0.490 e. The largest absolute Gasteiger partial charge is 0.490 e. The van der Waals surface area contributed by atoms with Crippen LogP contribution >= 0.6 is 0 Å². The molecule has 1 amide bonds. The van der Waals surface area contributed by atoms with E-state index in [9.17, 15) is 4.79 Å². The molecule has 0 aromatic heterocycles. The lowest BCUT2D eigenvalue weighted by Gasteiger charge is -2.32. The van der Waals surface area contributed by atoms with E-state index in [-0.39, 0.29) is 5.91 Å². The van der Waals surface area contributed by atoms with Crippen molar-refractivity contribution in [3.05, 3.63) is 17.7 Å². The van der Waals surface area contributed by atoms with Crippen LogP contribution in [0.3, 0.4) is 0 Å². The van der Waals surface area contributed by atoms with Crippen LogP contribution in [0.4, 0.5) is 0 Å². The highest BCUT2D eigenvalue weighted by Crippen LogP contribution is 2.39. The zero-order valence-electron chi connectivity index (χ0n) is 17.3. The molecule has 156 valence electrons. The summed E-state index contributed by atoms with van der Waals surface area (Å²) in [6.45, 7) is 13.0. The zero-order chi connectivity index (χ0) is 19.9. The van der Waals surface area contributed by atoms with Crippen molar-refractivity contribution >= 4 is 5.91 Å². The van der Waals surface area contributed by atoms with Crippen molar-refractivity contribution in [3.8, 4) is 17.2 Å². The van der Waals surface area contributed by atoms with Gasteiger partial charge in [0.25, 0.3) is 5.91 Å². The van der Waals surface area contributed by atoms with Crippen LogP contribution in [0, 0.1) is 0 Å². The Morgan fingerprint density at radius 3 is 2.18 bits per heavy atom. The predicted molar refractivity (Wildman–Crippen MR) is 109 cm³/mol. The summed E-state index contributed by atoms with van der Waals surface area (Å²) in [4.78, 5) is 17.7. The molecule has 7 nitrogen and oxygen atoms in total. The standard InChI is InChI=1S/C21H33N3O4/c1-4-26-18-13-16(14-19(27-5-2)20(18)28-6-3)21(25)24-10-7-17(15-24)23-11-8-22-9-12-23/h13-14,17,22H,4-12,15H2,1-3H3. The van der Waals surface area contributed by atoms with Crippen LogP contribution in [0.1, 0.15) is 37.6 Å². The first-order chi connectivity index (χ1) is 13.7. The molecule has 0 saturated carbocycles. The van der Waals surface area contributed by atoms with Crippen molar-refractivity contribution in [1.82, 2.24) is 15.1 Å². The van der Waals surface area contributed by atoms with E-state index in [1.807, 2.05) is 25.7 Å². The summed E-state index contributed by atoms with van der Waals surface area (Å²) in [5.41, 5.74) is 0.594. The van der Waals surface area contributed by atoms with Gasteiger partial charge in [-0.25, -0.2) is 0 Å². The first kappa shape index (κ1) is 20.7. The normalized spacial score (nSPS) is 20.2. The average molecular weight is 392 g/mol. The Morgan fingerprint density at radius 1 is 1.00 bits per heavy atom. The second-order valence-electron chi connectivity index (χ2n) is 7.08. The van der Waals surface area contributed by atoms with E-state index in [2.05, 4.69) is 10.2 Å². The molecule has 2 aliphatic heterocycles. The highest BCUT2D eigenvalue weighted by atomic mass is 16.5. The maximum absolute atomic E-state index is 13.2. The summed E-state index contributed by atoms with van der Waals surface area (Å²) < 4.78 is 17.3. The van der Waals surface area contributed by atoms with Gasteiger partial charge in [-0.3, -0.25) is 9.69 Å². The molecule has 1 aromatic rings. The predicted octanol–water partition coefficient (Wildman–Crippen LogP) is 2.00. The molecule has 2 aliphatic rings. The van der Waals surface area contributed by atoms with Crippen molar-refractivity contribution in [2.24, 2.45) is 0 Å². The molecule has 0 radical (unpaired) electrons. The highest BCUT2D eigenvalue weighted by molar-refractivity contribution is 5.96. The van der Waals surface area contributed by atoms with Crippen LogP contribution in [0.25, 0.3) is 0 Å². The Bertz CT molecular complexity index is 634. The smallest absolute Gasteiger partial charge is 0.254 e. The molecule has 2 saturated heterocycles. The molecule has 3 rings (SSSR count). The lowest BCUT2D eigenvalue weighted by atomic mass is 10.1. The first-order valence-electron chi connectivity index (χ1n) is 10.5. The average Bonchev–Trinajstić information content (AvgIpc) is 3.21. The summed E-state index contributed by atoms with van der Waals surface area (Å²) in [7, 11) is 0. The molecule has 2 fully saturated rings. The number of carbonyl (C=O) groups excluding carboxylic acids is 1. The molecular weight excluding hydrogens is 358 g/mol. The number of hydrogen-bond acceptors (Lipinski definition) is 6. The van der Waals surface area contributed by atoms with E-state index in [1.54, 1.807) is 12.1 Å². The van der Waals surface area contributed by atoms with Gasteiger partial charge in [-0.15, -0.1) is 0 Å². The van der Waals surface area contributed by atoms with Crippen molar-refractivity contribution < 1.29 is 19.0 Å². The number of hydrogen-bond donors (Lipinski definition) is 1. The van der Waals surface area contributed by atoms with Gasteiger partial charge in [-0.1, -0.05) is 0 Å². The molecule has 0 bridgehead atoms. The molecule has 1 aromatic carbocycles. The summed E-state index contributed by atoms with van der Waals surface area (Å²) in [6.07, 6.45) is 1.03. The lowest BCUT2D eigenvalue weighted by Crippen LogP contribution is -2.49. The first-order valence-corrected chi connectivity index (χ1v) is 10.5. The quantitative estimate of drug-likeness (QED) is 0.731. The monoisotopic (exact) mass is 391 g/mol. The van der Waals surface area contributed by atoms with Gasteiger partial charge in [0.2, 0.25) is 5.75 Å². The fourth-order valence-electron chi connectivity index (χ4n) is 3.97. The summed E-state index contributed by atoms with van der Waals surface area (Å²) in [6, 6.07) is 4.03. The molecule has 0 spiro atoms. The Kier molecular flexibility index (Phi) is 7.39. The molecule has 1 N–H and O–H groups in total. The SMILES string of the molecule is CCOc1cc(C(=O)N2CCC(N3CCNCC3)C2)cc(OCC)c1OCC. The van der Waals surface area contributed by atoms with Gasteiger partial charge in [0.1, 0.15) is 0 Å². The second-order valence-corrected chi connectivity index (χ2v) is 7.08. The molecule has 0 aliphatic carbocycles. The van der Waals surface area contributed by atoms with E-state index in [4.69, 9.17) is 14.2 Å². The third kappa shape index (κ3) is 4.70. The number of nitrogens with one attached hydrogen (secondary N) is 1. The number of rotatable bonds is 8. The van der Waals surface area contributed by atoms with Gasteiger partial charge in [0, 0.05) is 50.9 Å². The van der Waals surface area contributed by atoms with Crippen molar-refractivity contribution in [3.63, 3.8) is 0 Å². The van der Waals surface area contributed by atoms with E-state index in [1.165, 1.54) is 0 Å². The van der Waals surface area contributed by atoms with E-state index >= 15 is 0 Å². The van der Waals surface area contributed by atoms with Gasteiger partial charge >= 0.3 is 0 Å². The number of carbonyl (C=O) groups is 1. The van der Waals surface area contributed by atoms with Crippen LogP contribution in [-0.2, 0) is 0 Å². The fraction of sp³-hybridized carbons (Fsp3) is 0.667. The van der Waals surface area contributed by atoms with Crippen LogP contribution < -0.4 is 19.5 Å². The van der Waals surface area contributed by atoms with E-state index < -0.39 is 0 Å². The maximum atomic E-state index is 13.2. The molecular formula is C21H33N3O4. The number of piperazine rings is 1. The Hall–Kier alpha value is -1.99. The Morgan fingerprint density at radius 2 is 1.61 bits per heavy atom. The number of likely N-dealkylation sites (tertiary alicyclic amines) is 1. The van der Waals surface area contributed by atoms with Crippen molar-refractivity contribution in [2.45, 2.75) is 33.2 Å². The zero-order valence-corrected chi connectivity index (χ0v) is 17.3. The maximum Gasteiger partial charge on any atom is 0.254 e. The fourth-order valence-corrected chi connectivity index (χ4v) is 3.97. The highest BCUT2D eigenvalue weighted by Gasteiger charge is 2.32. The van der Waals surface area contributed by atoms with Crippen LogP contribution in [0.15, 0.2) is 12.1 Å². The number of amides is 1. The number of benzene rings is 1. The number of nitrogens with zero attached hydrogens (tertiary/aromatic N) is 2. The topological polar surface area (TPSA) is 63.3 Å². The summed E-state index contributed by atoms with van der Waals surface area (Å²) in [5.74, 6) is 1.73. The molecule has 1 unspecified atom stereocenters. The van der Waals surface area contributed by atoms with Crippen molar-refractivity contribution in [1.29, 1.82) is 0 Å². The summed E-state index contributed by atoms with van der Waals surface area (Å²) in [5, 5.41) is 3.39. The minimum atomic E-state index is 0.0302. The molecule has 28 heavy (non-hydrogen) atoms. The third-order valence-corrected chi connectivity index (χ3v) is 5.27.